The second-order valence-electron chi connectivity index (χ2n) is 4.16. The zero-order valence-electron chi connectivity index (χ0n) is 10.7. The Morgan fingerprint density at radius 2 is 2.25 bits per heavy atom. The summed E-state index contributed by atoms with van der Waals surface area (Å²) in [7, 11) is -1.38. The molecular formula is C13H13BrN2O3S. The van der Waals surface area contributed by atoms with Crippen molar-refractivity contribution in [2.45, 2.75) is 18.4 Å². The molecule has 0 radical (unpaired) electrons. The van der Waals surface area contributed by atoms with Crippen LogP contribution in [0.4, 0.5) is 0 Å². The molecule has 5 nitrogen and oxygen atoms in total. The summed E-state index contributed by atoms with van der Waals surface area (Å²) in [5.74, 6) is 0.114. The minimum atomic E-state index is -1.38. The summed E-state index contributed by atoms with van der Waals surface area (Å²) in [5.41, 5.74) is 0.0777. The number of aromatic carboxylic acids is 1. The molecule has 1 heterocycles. The van der Waals surface area contributed by atoms with Gasteiger partial charge in [-0.05, 0) is 25.1 Å². The normalized spacial score (nSPS) is 12.3. The number of carboxylic acids is 1. The van der Waals surface area contributed by atoms with Gasteiger partial charge >= 0.3 is 5.97 Å². The number of aromatic nitrogens is 2. The van der Waals surface area contributed by atoms with Crippen LogP contribution in [0.25, 0.3) is 0 Å². The smallest absolute Gasteiger partial charge is 0.336 e. The Hall–Kier alpha value is -1.47. The Labute approximate surface area is 127 Å². The van der Waals surface area contributed by atoms with Gasteiger partial charge in [0.25, 0.3) is 0 Å². The molecule has 0 aliphatic rings. The number of rotatable bonds is 5. The van der Waals surface area contributed by atoms with Crippen molar-refractivity contribution < 1.29 is 14.1 Å². The van der Waals surface area contributed by atoms with Gasteiger partial charge in [0.15, 0.2) is 0 Å². The van der Waals surface area contributed by atoms with E-state index in [9.17, 15) is 9.00 Å². The van der Waals surface area contributed by atoms with Crippen LogP contribution >= 0.6 is 15.9 Å². The lowest BCUT2D eigenvalue weighted by Gasteiger charge is -2.08. The van der Waals surface area contributed by atoms with Gasteiger partial charge in [-0.25, -0.2) is 9.78 Å². The summed E-state index contributed by atoms with van der Waals surface area (Å²) in [5, 5.41) is 9.14. The van der Waals surface area contributed by atoms with E-state index in [1.807, 2.05) is 17.7 Å². The van der Waals surface area contributed by atoms with E-state index < -0.39 is 16.8 Å². The molecule has 7 heteroatoms. The van der Waals surface area contributed by atoms with Gasteiger partial charge in [-0.1, -0.05) is 15.9 Å². The first-order valence-electron chi connectivity index (χ1n) is 5.88. The highest BCUT2D eigenvalue weighted by atomic mass is 79.9. The molecule has 1 atom stereocenters. The van der Waals surface area contributed by atoms with Gasteiger partial charge in [-0.2, -0.15) is 0 Å². The van der Waals surface area contributed by atoms with Gasteiger partial charge in [0, 0.05) is 29.2 Å². The number of hydrogen-bond acceptors (Lipinski definition) is 3. The number of halogens is 1. The predicted octanol–water partition coefficient (Wildman–Crippen LogP) is 2.46. The summed E-state index contributed by atoms with van der Waals surface area (Å²) in [6.45, 7) is 2.40. The number of imidazole rings is 1. The molecule has 1 aromatic carbocycles. The third-order valence-corrected chi connectivity index (χ3v) is 4.74. The lowest BCUT2D eigenvalue weighted by atomic mass is 10.2. The molecule has 1 N–H and O–H groups in total. The average Bonchev–Trinajstić information content (AvgIpc) is 2.81. The topological polar surface area (TPSA) is 72.2 Å². The first kappa shape index (κ1) is 14.9. The van der Waals surface area contributed by atoms with E-state index in [0.717, 1.165) is 5.82 Å². The van der Waals surface area contributed by atoms with Crippen LogP contribution in [0.15, 0.2) is 40.0 Å². The molecule has 0 saturated carbocycles. The molecule has 0 amide bonds. The molecule has 2 rings (SSSR count). The lowest BCUT2D eigenvalue weighted by Crippen LogP contribution is -2.11. The molecule has 2 aromatic rings. The van der Waals surface area contributed by atoms with Crippen LogP contribution in [-0.4, -0.2) is 30.6 Å². The van der Waals surface area contributed by atoms with E-state index in [4.69, 9.17) is 5.11 Å². The highest BCUT2D eigenvalue weighted by Crippen LogP contribution is 2.20. The van der Waals surface area contributed by atoms with Crippen LogP contribution in [0.5, 0.6) is 0 Å². The highest BCUT2D eigenvalue weighted by Gasteiger charge is 2.16. The van der Waals surface area contributed by atoms with Crippen LogP contribution in [0.3, 0.4) is 0 Å². The van der Waals surface area contributed by atoms with Crippen LogP contribution in [0.1, 0.15) is 16.2 Å². The van der Waals surface area contributed by atoms with Gasteiger partial charge in [0.1, 0.15) is 5.82 Å². The van der Waals surface area contributed by atoms with Crippen molar-refractivity contribution >= 4 is 32.7 Å². The van der Waals surface area contributed by atoms with E-state index in [1.165, 1.54) is 6.07 Å². The molecule has 0 aliphatic heterocycles. The van der Waals surface area contributed by atoms with E-state index in [2.05, 4.69) is 20.9 Å². The van der Waals surface area contributed by atoms with Crippen LogP contribution in [-0.2, 0) is 17.3 Å². The third-order valence-electron chi connectivity index (χ3n) is 2.86. The van der Waals surface area contributed by atoms with E-state index >= 15 is 0 Å². The van der Waals surface area contributed by atoms with E-state index in [-0.39, 0.29) is 5.56 Å². The number of hydrogen-bond donors (Lipinski definition) is 1. The quantitative estimate of drug-likeness (QED) is 0.892. The zero-order chi connectivity index (χ0) is 14.7. The maximum absolute atomic E-state index is 12.3. The maximum Gasteiger partial charge on any atom is 0.336 e. The molecule has 0 bridgehead atoms. The van der Waals surface area contributed by atoms with Crippen molar-refractivity contribution in [2.24, 2.45) is 0 Å². The molecular weight excluding hydrogens is 344 g/mol. The Balaban J connectivity index is 2.19. The Morgan fingerprint density at radius 1 is 1.50 bits per heavy atom. The SMILES string of the molecule is Cc1nccn1CCS(=O)c1cc(Br)ccc1C(=O)O. The average molecular weight is 357 g/mol. The molecule has 106 valence electrons. The number of aryl methyl sites for hydroxylation is 2. The summed E-state index contributed by atoms with van der Waals surface area (Å²) in [6, 6.07) is 4.69. The first-order chi connectivity index (χ1) is 9.49. The Bertz CT molecular complexity index is 669. The molecule has 1 unspecified atom stereocenters. The van der Waals surface area contributed by atoms with Crippen LogP contribution < -0.4 is 0 Å². The van der Waals surface area contributed by atoms with Crippen molar-refractivity contribution in [3.8, 4) is 0 Å². The van der Waals surface area contributed by atoms with Gasteiger partial charge in [0.2, 0.25) is 0 Å². The Morgan fingerprint density at radius 3 is 2.85 bits per heavy atom. The van der Waals surface area contributed by atoms with Crippen molar-refractivity contribution in [3.05, 3.63) is 46.5 Å². The number of benzene rings is 1. The molecule has 1 aromatic heterocycles. The number of carbonyl (C=O) groups is 1. The second-order valence-corrected chi connectivity index (χ2v) is 6.62. The summed E-state index contributed by atoms with van der Waals surface area (Å²) in [6.07, 6.45) is 3.49. The third kappa shape index (κ3) is 3.34. The van der Waals surface area contributed by atoms with Gasteiger partial charge in [0.05, 0.1) is 21.3 Å². The summed E-state index contributed by atoms with van der Waals surface area (Å²) < 4.78 is 14.9. The van der Waals surface area contributed by atoms with Gasteiger partial charge < -0.3 is 9.67 Å². The monoisotopic (exact) mass is 356 g/mol. The van der Waals surface area contributed by atoms with Gasteiger partial charge in [-0.3, -0.25) is 4.21 Å². The molecule has 0 fully saturated rings. The van der Waals surface area contributed by atoms with Crippen LogP contribution in [0, 0.1) is 6.92 Å². The standard InChI is InChI=1S/C13H13BrN2O3S/c1-9-15-4-5-16(9)6-7-20(19)12-8-10(14)2-3-11(12)13(17)18/h2-5,8H,6-7H2,1H3,(H,17,18). The highest BCUT2D eigenvalue weighted by molar-refractivity contribution is 9.10. The fourth-order valence-electron chi connectivity index (χ4n) is 1.79. The first-order valence-corrected chi connectivity index (χ1v) is 7.99. The predicted molar refractivity (Wildman–Crippen MR) is 79.3 cm³/mol. The minimum Gasteiger partial charge on any atom is -0.478 e. The number of nitrogens with zero attached hydrogens (tertiary/aromatic N) is 2. The van der Waals surface area contributed by atoms with E-state index in [1.54, 1.807) is 18.3 Å². The molecule has 20 heavy (non-hydrogen) atoms. The summed E-state index contributed by atoms with van der Waals surface area (Å²) >= 11 is 3.27. The second kappa shape index (κ2) is 6.32. The molecule has 0 saturated heterocycles. The van der Waals surface area contributed by atoms with Crippen molar-refractivity contribution in [3.63, 3.8) is 0 Å². The fourth-order valence-corrected chi connectivity index (χ4v) is 3.55. The van der Waals surface area contributed by atoms with Gasteiger partial charge in [-0.15, -0.1) is 0 Å². The Kier molecular flexibility index (Phi) is 4.72. The summed E-state index contributed by atoms with van der Waals surface area (Å²) in [4.78, 5) is 15.6. The van der Waals surface area contributed by atoms with Crippen LogP contribution in [0.2, 0.25) is 0 Å². The van der Waals surface area contributed by atoms with Crippen molar-refractivity contribution in [1.82, 2.24) is 9.55 Å². The minimum absolute atomic E-state index is 0.0777. The fraction of sp³-hybridized carbons (Fsp3) is 0.231. The van der Waals surface area contributed by atoms with Crippen molar-refractivity contribution in [2.75, 3.05) is 5.75 Å². The zero-order valence-corrected chi connectivity index (χ0v) is 13.1. The number of carboxylic acid groups (broad SMARTS) is 1. The maximum atomic E-state index is 12.3. The largest absolute Gasteiger partial charge is 0.478 e. The van der Waals surface area contributed by atoms with E-state index in [0.29, 0.717) is 21.7 Å². The van der Waals surface area contributed by atoms with Crippen molar-refractivity contribution in [1.29, 1.82) is 0 Å². The lowest BCUT2D eigenvalue weighted by molar-refractivity contribution is 0.0693. The molecule has 0 aliphatic carbocycles. The molecule has 0 spiro atoms.